The highest BCUT2D eigenvalue weighted by molar-refractivity contribution is 5.15. The lowest BCUT2D eigenvalue weighted by Crippen LogP contribution is -2.53. The number of hydrogen-bond acceptors (Lipinski definition) is 3. The third kappa shape index (κ3) is 1.89. The Kier molecular flexibility index (Phi) is 3.43. The maximum atomic E-state index is 10.9. The number of hydrogen-bond donors (Lipinski definition) is 2. The minimum Gasteiger partial charge on any atom is -0.392 e. The molecule has 4 atom stereocenters. The summed E-state index contributed by atoms with van der Waals surface area (Å²) in [6.07, 6.45) is 6.24. The van der Waals surface area contributed by atoms with Gasteiger partial charge in [-0.05, 0) is 56.5 Å². The molecule has 2 aliphatic carbocycles. The van der Waals surface area contributed by atoms with Crippen LogP contribution in [0.1, 0.15) is 52.4 Å². The number of aliphatic hydroxyl groups is 2. The summed E-state index contributed by atoms with van der Waals surface area (Å²) in [5, 5.41) is 21.4. The van der Waals surface area contributed by atoms with Crippen molar-refractivity contribution in [1.29, 1.82) is 0 Å². The molecule has 0 aromatic heterocycles. The first-order chi connectivity index (χ1) is 8.98. The molecule has 3 aliphatic rings. The second-order valence-electron chi connectivity index (χ2n) is 7.63. The Hall–Kier alpha value is -0.120. The summed E-state index contributed by atoms with van der Waals surface area (Å²) in [7, 11) is 0. The van der Waals surface area contributed by atoms with Crippen LogP contribution < -0.4 is 0 Å². The number of piperidine rings is 1. The molecule has 0 aromatic rings. The molecule has 1 heterocycles. The van der Waals surface area contributed by atoms with Gasteiger partial charge in [0.1, 0.15) is 0 Å². The molecule has 3 rings (SSSR count). The second-order valence-corrected chi connectivity index (χ2v) is 7.63. The highest BCUT2D eigenvalue weighted by Crippen LogP contribution is 2.67. The van der Waals surface area contributed by atoms with Crippen molar-refractivity contribution in [3.8, 4) is 0 Å². The maximum absolute atomic E-state index is 10.9. The van der Waals surface area contributed by atoms with Crippen LogP contribution >= 0.6 is 0 Å². The van der Waals surface area contributed by atoms with Crippen molar-refractivity contribution in [2.45, 2.75) is 64.6 Å². The van der Waals surface area contributed by atoms with Gasteiger partial charge in [0, 0.05) is 12.0 Å². The van der Waals surface area contributed by atoms with Crippen molar-refractivity contribution in [2.75, 3.05) is 19.6 Å². The Morgan fingerprint density at radius 2 is 1.89 bits per heavy atom. The summed E-state index contributed by atoms with van der Waals surface area (Å²) < 4.78 is 0. The van der Waals surface area contributed by atoms with E-state index in [4.69, 9.17) is 0 Å². The highest BCUT2D eigenvalue weighted by Gasteiger charge is 2.66. The number of likely N-dealkylation sites (tertiary alicyclic amines) is 1. The van der Waals surface area contributed by atoms with E-state index in [1.807, 2.05) is 0 Å². The predicted octanol–water partition coefficient (Wildman–Crippen LogP) is 2.02. The Morgan fingerprint density at radius 3 is 2.42 bits per heavy atom. The first kappa shape index (κ1) is 13.8. The molecule has 2 N–H and O–H groups in total. The first-order valence-electron chi connectivity index (χ1n) is 8.07. The molecule has 1 aliphatic heterocycles. The van der Waals surface area contributed by atoms with Crippen LogP contribution in [-0.2, 0) is 0 Å². The van der Waals surface area contributed by atoms with Gasteiger partial charge in [-0.15, -0.1) is 0 Å². The SMILES string of the molecule is CC1(C)[C@@H]2CC[C@@]1([C@H](O)CN1CCCCC1)C(O)C2. The molecule has 1 saturated heterocycles. The molecule has 0 spiro atoms. The van der Waals surface area contributed by atoms with Gasteiger partial charge in [0.25, 0.3) is 0 Å². The Bertz CT molecular complexity index is 338. The molecule has 0 aromatic carbocycles. The fraction of sp³-hybridized carbons (Fsp3) is 1.00. The van der Waals surface area contributed by atoms with Crippen LogP contribution in [0.3, 0.4) is 0 Å². The fourth-order valence-electron chi connectivity index (χ4n) is 5.33. The van der Waals surface area contributed by atoms with E-state index in [0.717, 1.165) is 32.5 Å². The first-order valence-corrected chi connectivity index (χ1v) is 8.07. The topological polar surface area (TPSA) is 43.7 Å². The van der Waals surface area contributed by atoms with Gasteiger partial charge < -0.3 is 15.1 Å². The van der Waals surface area contributed by atoms with Crippen LogP contribution in [-0.4, -0.2) is 47.0 Å². The van der Waals surface area contributed by atoms with Gasteiger partial charge in [-0.1, -0.05) is 20.3 Å². The molecular formula is C16H29NO2. The molecule has 19 heavy (non-hydrogen) atoms. The average molecular weight is 267 g/mol. The highest BCUT2D eigenvalue weighted by atomic mass is 16.3. The van der Waals surface area contributed by atoms with E-state index in [1.54, 1.807) is 0 Å². The number of nitrogens with zero attached hydrogens (tertiary/aromatic N) is 1. The van der Waals surface area contributed by atoms with Gasteiger partial charge in [-0.3, -0.25) is 0 Å². The van der Waals surface area contributed by atoms with Gasteiger partial charge in [0.2, 0.25) is 0 Å². The molecular weight excluding hydrogens is 238 g/mol. The molecule has 0 radical (unpaired) electrons. The van der Waals surface area contributed by atoms with Crippen molar-refractivity contribution in [3.05, 3.63) is 0 Å². The van der Waals surface area contributed by atoms with E-state index >= 15 is 0 Å². The molecule has 2 saturated carbocycles. The third-order valence-electron chi connectivity index (χ3n) is 6.70. The monoisotopic (exact) mass is 267 g/mol. The minimum atomic E-state index is -0.372. The van der Waals surface area contributed by atoms with E-state index in [2.05, 4.69) is 18.7 Å². The summed E-state index contributed by atoms with van der Waals surface area (Å²) >= 11 is 0. The van der Waals surface area contributed by atoms with Crippen molar-refractivity contribution in [3.63, 3.8) is 0 Å². The van der Waals surface area contributed by atoms with Crippen molar-refractivity contribution in [1.82, 2.24) is 4.90 Å². The largest absolute Gasteiger partial charge is 0.392 e. The molecule has 2 bridgehead atoms. The van der Waals surface area contributed by atoms with Crippen molar-refractivity contribution < 1.29 is 10.2 Å². The summed E-state index contributed by atoms with van der Waals surface area (Å²) in [5.74, 6) is 0.596. The van der Waals surface area contributed by atoms with Gasteiger partial charge >= 0.3 is 0 Å². The molecule has 3 fully saturated rings. The van der Waals surface area contributed by atoms with Crippen LogP contribution in [0.15, 0.2) is 0 Å². The van der Waals surface area contributed by atoms with Gasteiger partial charge in [-0.2, -0.15) is 0 Å². The third-order valence-corrected chi connectivity index (χ3v) is 6.70. The van der Waals surface area contributed by atoms with Crippen molar-refractivity contribution in [2.24, 2.45) is 16.7 Å². The summed E-state index contributed by atoms with van der Waals surface area (Å²) in [5.41, 5.74) is -0.170. The Balaban J connectivity index is 1.75. The van der Waals surface area contributed by atoms with Gasteiger partial charge in [0.15, 0.2) is 0 Å². The summed E-state index contributed by atoms with van der Waals surface area (Å²) in [6, 6.07) is 0. The molecule has 3 nitrogen and oxygen atoms in total. The number of aliphatic hydroxyl groups excluding tert-OH is 2. The molecule has 0 amide bonds. The minimum absolute atomic E-state index is 0.0849. The van der Waals surface area contributed by atoms with Crippen LogP contribution in [0.5, 0.6) is 0 Å². The smallest absolute Gasteiger partial charge is 0.0753 e. The van der Waals surface area contributed by atoms with Crippen LogP contribution in [0.4, 0.5) is 0 Å². The van der Waals surface area contributed by atoms with Gasteiger partial charge in [0.05, 0.1) is 12.2 Å². The molecule has 3 heteroatoms. The Morgan fingerprint density at radius 1 is 1.21 bits per heavy atom. The standard InChI is InChI=1S/C16H29NO2/c1-15(2)12-6-7-16(15,13(18)10-12)14(19)11-17-8-4-3-5-9-17/h12-14,18-19H,3-11H2,1-2H3/t12-,13?,14-,16+/m1/s1. The summed E-state index contributed by atoms with van der Waals surface area (Å²) in [6.45, 7) is 7.52. The van der Waals surface area contributed by atoms with Crippen LogP contribution in [0, 0.1) is 16.7 Å². The number of fused-ring (bicyclic) bond motifs is 2. The lowest BCUT2D eigenvalue weighted by Gasteiger charge is -2.46. The normalized spacial score (nSPS) is 43.6. The Labute approximate surface area is 117 Å². The zero-order valence-corrected chi connectivity index (χ0v) is 12.4. The van der Waals surface area contributed by atoms with Crippen LogP contribution in [0.2, 0.25) is 0 Å². The average Bonchev–Trinajstić information content (AvgIpc) is 2.74. The second kappa shape index (κ2) is 4.71. The number of rotatable bonds is 3. The lowest BCUT2D eigenvalue weighted by atomic mass is 9.64. The lowest BCUT2D eigenvalue weighted by molar-refractivity contribution is -0.108. The molecule has 110 valence electrons. The van der Waals surface area contributed by atoms with E-state index in [9.17, 15) is 10.2 Å². The van der Waals surface area contributed by atoms with Crippen molar-refractivity contribution >= 4 is 0 Å². The molecule has 1 unspecified atom stereocenters. The van der Waals surface area contributed by atoms with Crippen LogP contribution in [0.25, 0.3) is 0 Å². The fourth-order valence-corrected chi connectivity index (χ4v) is 5.33. The zero-order chi connectivity index (χ0) is 13.7. The quantitative estimate of drug-likeness (QED) is 0.822. The van der Waals surface area contributed by atoms with E-state index < -0.39 is 0 Å². The van der Waals surface area contributed by atoms with Gasteiger partial charge in [-0.25, -0.2) is 0 Å². The zero-order valence-electron chi connectivity index (χ0n) is 12.4. The number of β-amino-alcohol motifs (C(OH)–C–C–N with tert-alkyl or cyclic N) is 1. The van der Waals surface area contributed by atoms with E-state index in [0.29, 0.717) is 5.92 Å². The van der Waals surface area contributed by atoms with E-state index in [-0.39, 0.29) is 23.0 Å². The predicted molar refractivity (Wildman–Crippen MR) is 75.9 cm³/mol. The summed E-state index contributed by atoms with van der Waals surface area (Å²) in [4.78, 5) is 2.40. The maximum Gasteiger partial charge on any atom is 0.0753 e. The van der Waals surface area contributed by atoms with E-state index in [1.165, 1.54) is 25.7 Å².